The summed E-state index contributed by atoms with van der Waals surface area (Å²) in [5, 5.41) is 19.9. The number of aromatic amines is 1. The molecule has 0 atom stereocenters. The van der Waals surface area contributed by atoms with E-state index in [2.05, 4.69) is 15.4 Å². The standard InChI is InChI=1S/C10H6F3N5O3/c11-10(12,13)5-2-1-4(3-6(5)18(20)21)7-8(9(14)19)16-17-15-7/h1-3H,(H2,14,19)(H,15,16,17). The Morgan fingerprint density at radius 2 is 2.00 bits per heavy atom. The summed E-state index contributed by atoms with van der Waals surface area (Å²) in [4.78, 5) is 20.7. The number of hydrogen-bond acceptors (Lipinski definition) is 5. The quantitative estimate of drug-likeness (QED) is 0.655. The third-order valence-electron chi connectivity index (χ3n) is 2.55. The van der Waals surface area contributed by atoms with E-state index in [1.54, 1.807) is 0 Å². The van der Waals surface area contributed by atoms with E-state index in [-0.39, 0.29) is 17.0 Å². The molecule has 0 aliphatic heterocycles. The summed E-state index contributed by atoms with van der Waals surface area (Å²) in [6.45, 7) is 0. The Balaban J connectivity index is 2.63. The van der Waals surface area contributed by atoms with Crippen LogP contribution in [0.5, 0.6) is 0 Å². The lowest BCUT2D eigenvalue weighted by atomic mass is 10.0. The number of halogens is 3. The van der Waals surface area contributed by atoms with Gasteiger partial charge in [-0.1, -0.05) is 6.07 Å². The van der Waals surface area contributed by atoms with Crippen LogP contribution in [0.3, 0.4) is 0 Å². The molecule has 2 aromatic rings. The van der Waals surface area contributed by atoms with E-state index in [9.17, 15) is 28.1 Å². The molecule has 1 heterocycles. The van der Waals surface area contributed by atoms with Crippen molar-refractivity contribution in [1.82, 2.24) is 15.4 Å². The molecule has 2 rings (SSSR count). The van der Waals surface area contributed by atoms with Crippen LogP contribution >= 0.6 is 0 Å². The van der Waals surface area contributed by atoms with Crippen LogP contribution in [-0.4, -0.2) is 26.2 Å². The number of H-pyrrole nitrogens is 1. The molecule has 0 bridgehead atoms. The van der Waals surface area contributed by atoms with Gasteiger partial charge >= 0.3 is 6.18 Å². The minimum atomic E-state index is -4.88. The molecule has 0 aliphatic carbocycles. The minimum absolute atomic E-state index is 0.0859. The number of carbonyl (C=O) groups is 1. The highest BCUT2D eigenvalue weighted by Crippen LogP contribution is 2.38. The number of aromatic nitrogens is 3. The van der Waals surface area contributed by atoms with Gasteiger partial charge in [-0.25, -0.2) is 0 Å². The van der Waals surface area contributed by atoms with Crippen molar-refractivity contribution < 1.29 is 22.9 Å². The summed E-state index contributed by atoms with van der Waals surface area (Å²) in [6.07, 6.45) is -4.88. The normalized spacial score (nSPS) is 11.4. The topological polar surface area (TPSA) is 128 Å². The van der Waals surface area contributed by atoms with Crippen LogP contribution in [0.2, 0.25) is 0 Å². The third kappa shape index (κ3) is 2.66. The number of carbonyl (C=O) groups excluding carboxylic acids is 1. The van der Waals surface area contributed by atoms with Crippen LogP contribution in [0.1, 0.15) is 16.1 Å². The van der Waals surface area contributed by atoms with E-state index < -0.39 is 28.3 Å². The highest BCUT2D eigenvalue weighted by molar-refractivity contribution is 5.96. The molecule has 0 fully saturated rings. The van der Waals surface area contributed by atoms with Gasteiger partial charge in [-0.2, -0.15) is 28.6 Å². The number of nitro benzene ring substituents is 1. The number of primary amides is 1. The first-order chi connectivity index (χ1) is 9.71. The summed E-state index contributed by atoms with van der Waals surface area (Å²) in [6, 6.07) is 2.14. The number of nitrogens with two attached hydrogens (primary N) is 1. The number of benzene rings is 1. The molecule has 110 valence electrons. The zero-order chi connectivity index (χ0) is 15.8. The fourth-order valence-corrected chi connectivity index (χ4v) is 1.67. The third-order valence-corrected chi connectivity index (χ3v) is 2.55. The summed E-state index contributed by atoms with van der Waals surface area (Å²) in [5.41, 5.74) is 1.88. The molecular weight excluding hydrogens is 295 g/mol. The molecule has 0 aliphatic rings. The van der Waals surface area contributed by atoms with E-state index in [1.807, 2.05) is 0 Å². The van der Waals surface area contributed by atoms with Crippen molar-refractivity contribution in [2.24, 2.45) is 5.73 Å². The van der Waals surface area contributed by atoms with Crippen molar-refractivity contribution in [3.8, 4) is 11.3 Å². The summed E-state index contributed by atoms with van der Waals surface area (Å²) in [5.74, 6) is -0.971. The Morgan fingerprint density at radius 3 is 2.52 bits per heavy atom. The maximum Gasteiger partial charge on any atom is 0.422 e. The van der Waals surface area contributed by atoms with Crippen molar-refractivity contribution in [3.05, 3.63) is 39.6 Å². The SMILES string of the molecule is NC(=O)c1n[nH]nc1-c1ccc(C(F)(F)F)c([N+](=O)[O-])c1. The summed E-state index contributed by atoms with van der Waals surface area (Å²) < 4.78 is 38.0. The Morgan fingerprint density at radius 1 is 1.33 bits per heavy atom. The Hall–Kier alpha value is -2.98. The van der Waals surface area contributed by atoms with Crippen LogP contribution in [0.4, 0.5) is 18.9 Å². The molecule has 1 aromatic heterocycles. The number of nitrogens with zero attached hydrogens (tertiary/aromatic N) is 3. The lowest BCUT2D eigenvalue weighted by Crippen LogP contribution is -2.13. The van der Waals surface area contributed by atoms with Crippen LogP contribution in [-0.2, 0) is 6.18 Å². The fraction of sp³-hybridized carbons (Fsp3) is 0.100. The number of hydrogen-bond donors (Lipinski definition) is 2. The van der Waals surface area contributed by atoms with Gasteiger partial charge in [0.25, 0.3) is 11.6 Å². The molecule has 8 nitrogen and oxygen atoms in total. The average molecular weight is 301 g/mol. The number of amides is 1. The maximum atomic E-state index is 12.7. The molecule has 0 spiro atoms. The Bertz CT molecular complexity index is 725. The second kappa shape index (κ2) is 4.85. The zero-order valence-electron chi connectivity index (χ0n) is 10.0. The van der Waals surface area contributed by atoms with Crippen LogP contribution < -0.4 is 5.73 Å². The first-order valence-electron chi connectivity index (χ1n) is 5.28. The predicted molar refractivity (Wildman–Crippen MR) is 62.0 cm³/mol. The van der Waals surface area contributed by atoms with Crippen LogP contribution in [0.15, 0.2) is 18.2 Å². The van der Waals surface area contributed by atoms with Gasteiger partial charge in [0.15, 0.2) is 5.69 Å². The highest BCUT2D eigenvalue weighted by atomic mass is 19.4. The molecule has 3 N–H and O–H groups in total. The Kier molecular flexibility index (Phi) is 3.33. The molecule has 0 radical (unpaired) electrons. The van der Waals surface area contributed by atoms with Gasteiger partial charge in [0.05, 0.1) is 4.92 Å². The lowest BCUT2D eigenvalue weighted by molar-refractivity contribution is -0.388. The number of alkyl halides is 3. The molecule has 21 heavy (non-hydrogen) atoms. The van der Waals surface area contributed by atoms with Crippen molar-refractivity contribution in [2.75, 3.05) is 0 Å². The van der Waals surface area contributed by atoms with Gasteiger partial charge in [-0.3, -0.25) is 14.9 Å². The van der Waals surface area contributed by atoms with Crippen molar-refractivity contribution in [3.63, 3.8) is 0 Å². The molecular formula is C10H6F3N5O3. The fourth-order valence-electron chi connectivity index (χ4n) is 1.67. The smallest absolute Gasteiger partial charge is 0.364 e. The summed E-state index contributed by atoms with van der Waals surface area (Å²) in [7, 11) is 0. The van der Waals surface area contributed by atoms with Gasteiger partial charge in [-0.15, -0.1) is 0 Å². The number of rotatable bonds is 3. The molecule has 0 unspecified atom stereocenters. The van der Waals surface area contributed by atoms with E-state index in [1.165, 1.54) is 0 Å². The second-order valence-corrected chi connectivity index (χ2v) is 3.87. The maximum absolute atomic E-state index is 12.7. The Labute approximate surface area is 113 Å². The van der Waals surface area contributed by atoms with Crippen molar-refractivity contribution in [1.29, 1.82) is 0 Å². The van der Waals surface area contributed by atoms with Crippen LogP contribution in [0, 0.1) is 10.1 Å². The van der Waals surface area contributed by atoms with Crippen molar-refractivity contribution in [2.45, 2.75) is 6.18 Å². The van der Waals surface area contributed by atoms with Crippen molar-refractivity contribution >= 4 is 11.6 Å². The van der Waals surface area contributed by atoms with Gasteiger partial charge in [0.2, 0.25) is 0 Å². The largest absolute Gasteiger partial charge is 0.422 e. The zero-order valence-corrected chi connectivity index (χ0v) is 10.0. The highest BCUT2D eigenvalue weighted by Gasteiger charge is 2.38. The van der Waals surface area contributed by atoms with Gasteiger partial charge in [0.1, 0.15) is 11.3 Å². The predicted octanol–water partition coefficient (Wildman–Crippen LogP) is 1.50. The van der Waals surface area contributed by atoms with E-state index in [0.29, 0.717) is 12.1 Å². The van der Waals surface area contributed by atoms with E-state index in [4.69, 9.17) is 5.73 Å². The van der Waals surface area contributed by atoms with E-state index in [0.717, 1.165) is 6.07 Å². The van der Waals surface area contributed by atoms with Gasteiger partial charge in [0, 0.05) is 11.6 Å². The summed E-state index contributed by atoms with van der Waals surface area (Å²) >= 11 is 0. The van der Waals surface area contributed by atoms with Gasteiger partial charge < -0.3 is 5.73 Å². The second-order valence-electron chi connectivity index (χ2n) is 3.87. The lowest BCUT2D eigenvalue weighted by Gasteiger charge is -2.08. The number of nitrogens with one attached hydrogen (secondary N) is 1. The van der Waals surface area contributed by atoms with Gasteiger partial charge in [-0.05, 0) is 6.07 Å². The monoisotopic (exact) mass is 301 g/mol. The first-order valence-corrected chi connectivity index (χ1v) is 5.28. The molecule has 0 saturated heterocycles. The minimum Gasteiger partial charge on any atom is -0.364 e. The molecule has 1 aromatic carbocycles. The van der Waals surface area contributed by atoms with E-state index >= 15 is 0 Å². The average Bonchev–Trinajstić information content (AvgIpc) is 2.86. The molecule has 0 saturated carbocycles. The molecule has 11 heteroatoms. The molecule has 1 amide bonds. The first kappa shape index (κ1) is 14.4. The van der Waals surface area contributed by atoms with Crippen LogP contribution in [0.25, 0.3) is 11.3 Å². The number of nitro groups is 1.